The number of nitrogens with one attached hydrogen (secondary N) is 1. The largest absolute Gasteiger partial charge is 0.366 e. The van der Waals surface area contributed by atoms with Gasteiger partial charge in [-0.15, -0.1) is 0 Å². The van der Waals surface area contributed by atoms with Crippen LogP contribution in [0.4, 0.5) is 5.69 Å². The van der Waals surface area contributed by atoms with Crippen molar-refractivity contribution in [3.63, 3.8) is 0 Å². The van der Waals surface area contributed by atoms with E-state index >= 15 is 0 Å². The molecule has 2 rings (SSSR count). The van der Waals surface area contributed by atoms with Crippen LogP contribution in [0.15, 0.2) is 22.7 Å². The molecule has 1 aromatic carbocycles. The van der Waals surface area contributed by atoms with Crippen molar-refractivity contribution in [1.29, 1.82) is 0 Å². The third-order valence-electron chi connectivity index (χ3n) is 3.91. The predicted molar refractivity (Wildman–Crippen MR) is 82.3 cm³/mol. The molecule has 18 heavy (non-hydrogen) atoms. The molecule has 3 heteroatoms. The van der Waals surface area contributed by atoms with E-state index in [4.69, 9.17) is 0 Å². The van der Waals surface area contributed by atoms with Crippen molar-refractivity contribution in [1.82, 2.24) is 5.32 Å². The van der Waals surface area contributed by atoms with Crippen molar-refractivity contribution >= 4 is 21.6 Å². The lowest BCUT2D eigenvalue weighted by molar-refractivity contribution is 0.462. The van der Waals surface area contributed by atoms with Crippen LogP contribution in [0.1, 0.15) is 25.8 Å². The Hall–Kier alpha value is -0.540. The molecule has 1 atom stereocenters. The minimum absolute atomic E-state index is 0.252. The summed E-state index contributed by atoms with van der Waals surface area (Å²) in [5.74, 6) is 0.744. The average Bonchev–Trinajstić information content (AvgIpc) is 2.58. The van der Waals surface area contributed by atoms with Gasteiger partial charge in [-0.25, -0.2) is 0 Å². The van der Waals surface area contributed by atoms with Crippen molar-refractivity contribution < 1.29 is 0 Å². The first-order valence-electron chi connectivity index (χ1n) is 6.62. The van der Waals surface area contributed by atoms with Gasteiger partial charge in [-0.2, -0.15) is 0 Å². The summed E-state index contributed by atoms with van der Waals surface area (Å²) in [4.78, 5) is 2.55. The van der Waals surface area contributed by atoms with Crippen LogP contribution in [-0.4, -0.2) is 25.7 Å². The minimum atomic E-state index is 0.252. The van der Waals surface area contributed by atoms with Gasteiger partial charge in [0.1, 0.15) is 0 Å². The average molecular weight is 311 g/mol. The molecule has 1 saturated heterocycles. The van der Waals surface area contributed by atoms with Crippen LogP contribution in [0, 0.1) is 12.8 Å². The van der Waals surface area contributed by atoms with Gasteiger partial charge in [-0.1, -0.05) is 15.9 Å². The summed E-state index contributed by atoms with van der Waals surface area (Å²) in [6, 6.07) is 6.67. The van der Waals surface area contributed by atoms with E-state index in [9.17, 15) is 0 Å². The van der Waals surface area contributed by atoms with E-state index in [2.05, 4.69) is 65.1 Å². The second-order valence-electron chi connectivity index (χ2n) is 5.98. The van der Waals surface area contributed by atoms with E-state index < -0.39 is 0 Å². The SMILES string of the molecule is CNCC1CN(c2ccc(Br)c(C)c2)C(C)(C)C1. The van der Waals surface area contributed by atoms with E-state index in [1.165, 1.54) is 22.1 Å². The summed E-state index contributed by atoms with van der Waals surface area (Å²) in [6.45, 7) is 9.10. The maximum Gasteiger partial charge on any atom is 0.0374 e. The molecule has 1 unspecified atom stereocenters. The number of aryl methyl sites for hydroxylation is 1. The molecule has 1 N–H and O–H groups in total. The zero-order valence-corrected chi connectivity index (χ0v) is 13.3. The van der Waals surface area contributed by atoms with E-state index in [0.29, 0.717) is 0 Å². The molecule has 1 heterocycles. The molecule has 0 amide bonds. The number of benzene rings is 1. The maximum absolute atomic E-state index is 3.57. The topological polar surface area (TPSA) is 15.3 Å². The molecule has 1 aliphatic rings. The standard InChI is InChI=1S/C15H23BrN2/c1-11-7-13(5-6-14(11)16)18-10-12(9-17-4)8-15(18,2)3/h5-7,12,17H,8-10H2,1-4H3. The Morgan fingerprint density at radius 1 is 1.44 bits per heavy atom. The van der Waals surface area contributed by atoms with Gasteiger partial charge >= 0.3 is 0 Å². The van der Waals surface area contributed by atoms with Crippen LogP contribution in [-0.2, 0) is 0 Å². The van der Waals surface area contributed by atoms with Gasteiger partial charge in [-0.3, -0.25) is 0 Å². The Morgan fingerprint density at radius 3 is 2.78 bits per heavy atom. The Labute approximate surface area is 119 Å². The van der Waals surface area contributed by atoms with Crippen LogP contribution in [0.2, 0.25) is 0 Å². The fourth-order valence-corrected chi connectivity index (χ4v) is 3.31. The van der Waals surface area contributed by atoms with E-state index in [-0.39, 0.29) is 5.54 Å². The lowest BCUT2D eigenvalue weighted by Crippen LogP contribution is -2.38. The molecule has 0 bridgehead atoms. The quantitative estimate of drug-likeness (QED) is 0.918. The van der Waals surface area contributed by atoms with Gasteiger partial charge in [0.25, 0.3) is 0 Å². The van der Waals surface area contributed by atoms with Gasteiger partial charge in [0.05, 0.1) is 0 Å². The first kappa shape index (κ1) is 13.9. The number of nitrogens with zero attached hydrogens (tertiary/aromatic N) is 1. The van der Waals surface area contributed by atoms with Crippen molar-refractivity contribution in [3.05, 3.63) is 28.2 Å². The summed E-state index contributed by atoms with van der Waals surface area (Å²) in [5, 5.41) is 3.31. The Morgan fingerprint density at radius 2 is 2.17 bits per heavy atom. The van der Waals surface area contributed by atoms with E-state index in [1.807, 2.05) is 7.05 Å². The van der Waals surface area contributed by atoms with Crippen molar-refractivity contribution in [2.24, 2.45) is 5.92 Å². The number of halogens is 1. The summed E-state index contributed by atoms with van der Waals surface area (Å²) in [6.07, 6.45) is 1.25. The summed E-state index contributed by atoms with van der Waals surface area (Å²) in [7, 11) is 2.04. The van der Waals surface area contributed by atoms with Gasteiger partial charge < -0.3 is 10.2 Å². The summed E-state index contributed by atoms with van der Waals surface area (Å²) >= 11 is 3.57. The molecular formula is C15H23BrN2. The third kappa shape index (κ3) is 2.72. The predicted octanol–water partition coefficient (Wildman–Crippen LogP) is 3.58. The molecule has 1 aliphatic heterocycles. The highest BCUT2D eigenvalue weighted by Gasteiger charge is 2.37. The lowest BCUT2D eigenvalue weighted by Gasteiger charge is -2.34. The van der Waals surface area contributed by atoms with Gasteiger partial charge in [-0.05, 0) is 70.5 Å². The molecule has 0 saturated carbocycles. The monoisotopic (exact) mass is 310 g/mol. The highest BCUT2D eigenvalue weighted by Crippen LogP contribution is 2.37. The Balaban J connectivity index is 2.24. The lowest BCUT2D eigenvalue weighted by atomic mass is 9.96. The van der Waals surface area contributed by atoms with Crippen LogP contribution in [0.25, 0.3) is 0 Å². The van der Waals surface area contributed by atoms with Crippen LogP contribution >= 0.6 is 15.9 Å². The number of anilines is 1. The maximum atomic E-state index is 3.57. The van der Waals surface area contributed by atoms with E-state index in [0.717, 1.165) is 19.0 Å². The number of rotatable bonds is 3. The highest BCUT2D eigenvalue weighted by atomic mass is 79.9. The molecule has 0 aromatic heterocycles. The molecule has 0 spiro atoms. The van der Waals surface area contributed by atoms with Gasteiger partial charge in [0, 0.05) is 22.2 Å². The molecule has 1 fully saturated rings. The van der Waals surface area contributed by atoms with Crippen molar-refractivity contribution in [3.8, 4) is 0 Å². The number of hydrogen-bond donors (Lipinski definition) is 1. The zero-order chi connectivity index (χ0) is 13.3. The van der Waals surface area contributed by atoms with Crippen molar-refractivity contribution in [2.45, 2.75) is 32.7 Å². The molecule has 0 aliphatic carbocycles. The molecule has 1 aromatic rings. The highest BCUT2D eigenvalue weighted by molar-refractivity contribution is 9.10. The van der Waals surface area contributed by atoms with Crippen molar-refractivity contribution in [2.75, 3.05) is 25.0 Å². The first-order chi connectivity index (χ1) is 8.44. The Bertz CT molecular complexity index is 429. The zero-order valence-electron chi connectivity index (χ0n) is 11.8. The molecule has 100 valence electrons. The molecule has 2 nitrogen and oxygen atoms in total. The molecular weight excluding hydrogens is 288 g/mol. The summed E-state index contributed by atoms with van der Waals surface area (Å²) < 4.78 is 1.19. The second kappa shape index (κ2) is 5.22. The van der Waals surface area contributed by atoms with Crippen LogP contribution in [0.5, 0.6) is 0 Å². The second-order valence-corrected chi connectivity index (χ2v) is 6.84. The first-order valence-corrected chi connectivity index (χ1v) is 7.42. The van der Waals surface area contributed by atoms with Crippen LogP contribution < -0.4 is 10.2 Å². The van der Waals surface area contributed by atoms with Crippen LogP contribution in [0.3, 0.4) is 0 Å². The van der Waals surface area contributed by atoms with Gasteiger partial charge in [0.15, 0.2) is 0 Å². The smallest absolute Gasteiger partial charge is 0.0374 e. The normalized spacial score (nSPS) is 22.5. The van der Waals surface area contributed by atoms with E-state index in [1.54, 1.807) is 0 Å². The fourth-order valence-electron chi connectivity index (χ4n) is 3.06. The fraction of sp³-hybridized carbons (Fsp3) is 0.600. The minimum Gasteiger partial charge on any atom is -0.366 e. The third-order valence-corrected chi connectivity index (χ3v) is 4.80. The summed E-state index contributed by atoms with van der Waals surface area (Å²) in [5.41, 5.74) is 2.90. The number of hydrogen-bond acceptors (Lipinski definition) is 2. The Kier molecular flexibility index (Phi) is 4.02. The molecule has 0 radical (unpaired) electrons. The van der Waals surface area contributed by atoms with Gasteiger partial charge in [0.2, 0.25) is 0 Å².